The van der Waals surface area contributed by atoms with Gasteiger partial charge in [-0.25, -0.2) is 8.42 Å². The Morgan fingerprint density at radius 2 is 1.81 bits per heavy atom. The SMILES string of the molecule is COc1cc2nccc(N3CCCc4cc(CS(=O)(=O)C5CC5)ccc43)c2cc1OC. The number of aryl methyl sites for hydroxylation is 1. The molecular weight excluding hydrogens is 412 g/mol. The summed E-state index contributed by atoms with van der Waals surface area (Å²) in [6, 6.07) is 12.0. The van der Waals surface area contributed by atoms with Crippen LogP contribution in [0.3, 0.4) is 0 Å². The monoisotopic (exact) mass is 438 g/mol. The van der Waals surface area contributed by atoms with E-state index in [0.29, 0.717) is 11.5 Å². The molecule has 1 fully saturated rings. The zero-order chi connectivity index (χ0) is 21.6. The molecule has 1 aliphatic heterocycles. The molecule has 0 amide bonds. The summed E-state index contributed by atoms with van der Waals surface area (Å²) in [5, 5.41) is 0.864. The summed E-state index contributed by atoms with van der Waals surface area (Å²) in [5.74, 6) is 1.46. The second-order valence-corrected chi connectivity index (χ2v) is 10.6. The summed E-state index contributed by atoms with van der Waals surface area (Å²) in [7, 11) is 0.229. The third-order valence-electron chi connectivity index (χ3n) is 6.18. The molecule has 0 atom stereocenters. The standard InChI is InChI=1S/C24H26N2O4S/c1-29-23-13-19-20(14-24(23)30-2)25-10-9-22(19)26-11-3-4-17-12-16(5-8-21(17)26)15-31(27,28)18-6-7-18/h5,8-10,12-14,18H,3-4,6-7,11,15H2,1-2H3. The Kier molecular flexibility index (Phi) is 5.01. The number of nitrogens with zero attached hydrogens (tertiary/aromatic N) is 2. The topological polar surface area (TPSA) is 68.7 Å². The lowest BCUT2D eigenvalue weighted by Gasteiger charge is -2.32. The van der Waals surface area contributed by atoms with Gasteiger partial charge in [-0.2, -0.15) is 0 Å². The van der Waals surface area contributed by atoms with Crippen LogP contribution in [0.15, 0.2) is 42.6 Å². The van der Waals surface area contributed by atoms with E-state index in [1.807, 2.05) is 30.5 Å². The summed E-state index contributed by atoms with van der Waals surface area (Å²) in [5.41, 5.74) is 5.11. The van der Waals surface area contributed by atoms with Crippen molar-refractivity contribution in [2.24, 2.45) is 0 Å². The number of benzene rings is 2. The molecule has 0 radical (unpaired) electrons. The minimum atomic E-state index is -3.02. The zero-order valence-electron chi connectivity index (χ0n) is 17.8. The van der Waals surface area contributed by atoms with Crippen LogP contribution in [0.4, 0.5) is 11.4 Å². The Bertz CT molecular complexity index is 1250. The van der Waals surface area contributed by atoms with Gasteiger partial charge in [-0.1, -0.05) is 12.1 Å². The number of fused-ring (bicyclic) bond motifs is 2. The first-order valence-corrected chi connectivity index (χ1v) is 12.3. The largest absolute Gasteiger partial charge is 0.493 e. The van der Waals surface area contributed by atoms with Crippen LogP contribution in [0.25, 0.3) is 10.9 Å². The number of sulfone groups is 1. The highest BCUT2D eigenvalue weighted by Crippen LogP contribution is 2.41. The number of hydrogen-bond donors (Lipinski definition) is 0. The van der Waals surface area contributed by atoms with Gasteiger partial charge in [0.15, 0.2) is 21.3 Å². The lowest BCUT2D eigenvalue weighted by Crippen LogP contribution is -2.25. The molecule has 2 aromatic carbocycles. The first-order valence-electron chi connectivity index (χ1n) is 10.6. The van der Waals surface area contributed by atoms with Crippen molar-refractivity contribution in [1.82, 2.24) is 4.98 Å². The minimum absolute atomic E-state index is 0.129. The minimum Gasteiger partial charge on any atom is -0.493 e. The van der Waals surface area contributed by atoms with Crippen molar-refractivity contribution in [2.75, 3.05) is 25.7 Å². The van der Waals surface area contributed by atoms with Crippen LogP contribution >= 0.6 is 0 Å². The van der Waals surface area contributed by atoms with Crippen molar-refractivity contribution in [3.05, 3.63) is 53.7 Å². The van der Waals surface area contributed by atoms with E-state index < -0.39 is 9.84 Å². The van der Waals surface area contributed by atoms with Gasteiger partial charge >= 0.3 is 0 Å². The Morgan fingerprint density at radius 1 is 1.03 bits per heavy atom. The maximum absolute atomic E-state index is 12.4. The highest BCUT2D eigenvalue weighted by Gasteiger charge is 2.35. The first kappa shape index (κ1) is 20.1. The lowest BCUT2D eigenvalue weighted by molar-refractivity contribution is 0.356. The molecule has 1 saturated carbocycles. The molecule has 162 valence electrons. The molecule has 6 nitrogen and oxygen atoms in total. The average molecular weight is 439 g/mol. The molecule has 0 unspecified atom stereocenters. The number of anilines is 2. The number of hydrogen-bond acceptors (Lipinski definition) is 6. The predicted molar refractivity (Wildman–Crippen MR) is 122 cm³/mol. The average Bonchev–Trinajstić information content (AvgIpc) is 3.63. The molecule has 0 saturated heterocycles. The van der Waals surface area contributed by atoms with Crippen molar-refractivity contribution >= 4 is 32.1 Å². The highest BCUT2D eigenvalue weighted by atomic mass is 32.2. The third-order valence-corrected chi connectivity index (χ3v) is 8.40. The van der Waals surface area contributed by atoms with E-state index >= 15 is 0 Å². The van der Waals surface area contributed by atoms with Crippen LogP contribution in [-0.4, -0.2) is 39.4 Å². The Labute approximate surface area is 182 Å². The van der Waals surface area contributed by atoms with Crippen LogP contribution in [0, 0.1) is 0 Å². The Balaban J connectivity index is 1.55. The number of ether oxygens (including phenoxy) is 2. The van der Waals surface area contributed by atoms with Gasteiger partial charge in [-0.05, 0) is 55.0 Å². The van der Waals surface area contributed by atoms with Crippen molar-refractivity contribution in [3.63, 3.8) is 0 Å². The van der Waals surface area contributed by atoms with E-state index in [2.05, 4.69) is 22.0 Å². The van der Waals surface area contributed by atoms with Crippen molar-refractivity contribution in [2.45, 2.75) is 36.7 Å². The van der Waals surface area contributed by atoms with Gasteiger partial charge in [-0.3, -0.25) is 4.98 Å². The van der Waals surface area contributed by atoms with Gasteiger partial charge in [-0.15, -0.1) is 0 Å². The normalized spacial score (nSPS) is 16.3. The summed E-state index contributed by atoms with van der Waals surface area (Å²) in [6.07, 6.45) is 5.38. The molecule has 2 heterocycles. The summed E-state index contributed by atoms with van der Waals surface area (Å²) in [4.78, 5) is 6.82. The van der Waals surface area contributed by atoms with Crippen LogP contribution in [-0.2, 0) is 22.0 Å². The molecule has 0 bridgehead atoms. The molecule has 1 aliphatic carbocycles. The highest BCUT2D eigenvalue weighted by molar-refractivity contribution is 7.91. The summed E-state index contributed by atoms with van der Waals surface area (Å²) in [6.45, 7) is 0.889. The van der Waals surface area contributed by atoms with E-state index in [-0.39, 0.29) is 11.0 Å². The number of rotatable bonds is 6. The van der Waals surface area contributed by atoms with Gasteiger partial charge in [0.25, 0.3) is 0 Å². The molecule has 0 N–H and O–H groups in total. The third kappa shape index (κ3) is 3.71. The molecule has 0 spiro atoms. The van der Waals surface area contributed by atoms with Crippen molar-refractivity contribution in [3.8, 4) is 11.5 Å². The fourth-order valence-corrected chi connectivity index (χ4v) is 6.20. The van der Waals surface area contributed by atoms with Gasteiger partial charge in [0.05, 0.1) is 36.4 Å². The Hall–Kier alpha value is -2.80. The van der Waals surface area contributed by atoms with Gasteiger partial charge < -0.3 is 14.4 Å². The maximum atomic E-state index is 12.4. The van der Waals surface area contributed by atoms with Crippen molar-refractivity contribution in [1.29, 1.82) is 0 Å². The molecule has 7 heteroatoms. The maximum Gasteiger partial charge on any atom is 0.162 e. The quantitative estimate of drug-likeness (QED) is 0.568. The van der Waals surface area contributed by atoms with Gasteiger partial charge in [0.2, 0.25) is 0 Å². The zero-order valence-corrected chi connectivity index (χ0v) is 18.6. The molecule has 3 aromatic rings. The van der Waals surface area contributed by atoms with Crippen LogP contribution in [0.1, 0.15) is 30.4 Å². The van der Waals surface area contributed by atoms with E-state index in [0.717, 1.165) is 60.1 Å². The van der Waals surface area contributed by atoms with E-state index in [1.54, 1.807) is 14.2 Å². The number of aromatic nitrogens is 1. The number of methoxy groups -OCH3 is 2. The Morgan fingerprint density at radius 3 is 2.55 bits per heavy atom. The fraction of sp³-hybridized carbons (Fsp3) is 0.375. The summed E-state index contributed by atoms with van der Waals surface area (Å²) >= 11 is 0. The molecule has 2 aliphatic rings. The van der Waals surface area contributed by atoms with E-state index in [9.17, 15) is 8.42 Å². The van der Waals surface area contributed by atoms with Gasteiger partial charge in [0, 0.05) is 29.9 Å². The molecule has 31 heavy (non-hydrogen) atoms. The van der Waals surface area contributed by atoms with E-state index in [4.69, 9.17) is 9.47 Å². The van der Waals surface area contributed by atoms with Crippen LogP contribution < -0.4 is 14.4 Å². The second-order valence-electron chi connectivity index (χ2n) is 8.28. The summed E-state index contributed by atoms with van der Waals surface area (Å²) < 4.78 is 35.8. The first-order chi connectivity index (χ1) is 15.0. The van der Waals surface area contributed by atoms with E-state index in [1.165, 1.54) is 5.56 Å². The van der Waals surface area contributed by atoms with Crippen molar-refractivity contribution < 1.29 is 17.9 Å². The van der Waals surface area contributed by atoms with Crippen LogP contribution in [0.5, 0.6) is 11.5 Å². The molecule has 1 aromatic heterocycles. The van der Waals surface area contributed by atoms with Crippen LogP contribution in [0.2, 0.25) is 0 Å². The smallest absolute Gasteiger partial charge is 0.162 e. The molecular formula is C24H26N2O4S. The number of pyridine rings is 1. The lowest BCUT2D eigenvalue weighted by atomic mass is 9.98. The van der Waals surface area contributed by atoms with Gasteiger partial charge in [0.1, 0.15) is 0 Å². The predicted octanol–water partition coefficient (Wildman–Crippen LogP) is 4.41. The molecule has 5 rings (SSSR count). The second kappa shape index (κ2) is 7.71. The fourth-order valence-electron chi connectivity index (χ4n) is 4.46.